The summed E-state index contributed by atoms with van der Waals surface area (Å²) in [4.78, 5) is 27.5. The molecule has 1 fully saturated rings. The largest absolute Gasteiger partial charge is 0.345 e. The zero-order valence-corrected chi connectivity index (χ0v) is 16.7. The van der Waals surface area contributed by atoms with Crippen molar-refractivity contribution in [2.24, 2.45) is 5.92 Å². The van der Waals surface area contributed by atoms with E-state index in [0.717, 1.165) is 37.4 Å². The number of carbonyl (C=O) groups is 2. The summed E-state index contributed by atoms with van der Waals surface area (Å²) in [7, 11) is 0. The molecule has 1 saturated heterocycles. The van der Waals surface area contributed by atoms with Crippen LogP contribution in [0.5, 0.6) is 0 Å². The van der Waals surface area contributed by atoms with Gasteiger partial charge in [-0.05, 0) is 56.5 Å². The number of amides is 2. The monoisotopic (exact) mass is 379 g/mol. The average molecular weight is 380 g/mol. The van der Waals surface area contributed by atoms with Crippen LogP contribution in [0.2, 0.25) is 0 Å². The molecule has 2 N–H and O–H groups in total. The van der Waals surface area contributed by atoms with Gasteiger partial charge < -0.3 is 10.6 Å². The lowest BCUT2D eigenvalue weighted by atomic mass is 9.99. The van der Waals surface area contributed by atoms with Gasteiger partial charge in [-0.1, -0.05) is 49.4 Å². The van der Waals surface area contributed by atoms with Gasteiger partial charge in [0.05, 0.1) is 23.8 Å². The quantitative estimate of drug-likeness (QED) is 0.801. The van der Waals surface area contributed by atoms with Gasteiger partial charge in [0.1, 0.15) is 0 Å². The van der Waals surface area contributed by atoms with E-state index in [1.807, 2.05) is 49.4 Å². The Bertz CT molecular complexity index is 799. The number of likely N-dealkylation sites (tertiary alicyclic amines) is 1. The molecule has 148 valence electrons. The molecule has 1 aliphatic heterocycles. The summed E-state index contributed by atoms with van der Waals surface area (Å²) < 4.78 is 0. The molecule has 0 saturated carbocycles. The van der Waals surface area contributed by atoms with Gasteiger partial charge in [0.15, 0.2) is 0 Å². The third kappa shape index (κ3) is 5.42. The molecule has 5 heteroatoms. The van der Waals surface area contributed by atoms with E-state index in [0.29, 0.717) is 17.8 Å². The Kier molecular flexibility index (Phi) is 6.82. The summed E-state index contributed by atoms with van der Waals surface area (Å²) in [5.41, 5.74) is 2.07. The second kappa shape index (κ2) is 9.51. The molecule has 0 bridgehead atoms. The second-order valence-electron chi connectivity index (χ2n) is 7.66. The molecule has 1 atom stereocenters. The summed E-state index contributed by atoms with van der Waals surface area (Å²) in [6, 6.07) is 16.9. The van der Waals surface area contributed by atoms with Gasteiger partial charge in [0, 0.05) is 0 Å². The van der Waals surface area contributed by atoms with Crippen molar-refractivity contribution >= 4 is 17.5 Å². The predicted molar refractivity (Wildman–Crippen MR) is 112 cm³/mol. The first kappa shape index (κ1) is 20.1. The topological polar surface area (TPSA) is 61.4 Å². The highest BCUT2D eigenvalue weighted by atomic mass is 16.2. The Morgan fingerprint density at radius 1 is 1.04 bits per heavy atom. The van der Waals surface area contributed by atoms with E-state index in [2.05, 4.69) is 22.5 Å². The van der Waals surface area contributed by atoms with Gasteiger partial charge in [-0.3, -0.25) is 14.5 Å². The van der Waals surface area contributed by atoms with Crippen LogP contribution in [0.1, 0.15) is 48.7 Å². The minimum atomic E-state index is -0.195. The number of hydrogen-bond acceptors (Lipinski definition) is 3. The van der Waals surface area contributed by atoms with Gasteiger partial charge in [-0.25, -0.2) is 0 Å². The highest BCUT2D eigenvalue weighted by Gasteiger charge is 2.20. The smallest absolute Gasteiger partial charge is 0.253 e. The number of piperidine rings is 1. The minimum Gasteiger partial charge on any atom is -0.345 e. The van der Waals surface area contributed by atoms with Gasteiger partial charge in [0.25, 0.3) is 5.91 Å². The summed E-state index contributed by atoms with van der Waals surface area (Å²) >= 11 is 0. The van der Waals surface area contributed by atoms with Crippen LogP contribution >= 0.6 is 0 Å². The van der Waals surface area contributed by atoms with E-state index in [1.165, 1.54) is 0 Å². The number of nitrogens with one attached hydrogen (secondary N) is 2. The average Bonchev–Trinajstić information content (AvgIpc) is 2.70. The van der Waals surface area contributed by atoms with Crippen LogP contribution in [-0.4, -0.2) is 36.3 Å². The van der Waals surface area contributed by atoms with Crippen molar-refractivity contribution in [2.75, 3.05) is 25.0 Å². The Labute approximate surface area is 167 Å². The molecular formula is C23H29N3O2. The lowest BCUT2D eigenvalue weighted by molar-refractivity contribution is -0.117. The van der Waals surface area contributed by atoms with Crippen molar-refractivity contribution in [1.29, 1.82) is 0 Å². The molecule has 0 aromatic heterocycles. The van der Waals surface area contributed by atoms with E-state index in [1.54, 1.807) is 12.1 Å². The number of rotatable bonds is 6. The summed E-state index contributed by atoms with van der Waals surface area (Å²) in [5.74, 6) is 0.459. The Balaban J connectivity index is 1.62. The van der Waals surface area contributed by atoms with Crippen LogP contribution in [0.15, 0.2) is 54.6 Å². The lowest BCUT2D eigenvalue weighted by Gasteiger charge is -2.29. The molecule has 28 heavy (non-hydrogen) atoms. The van der Waals surface area contributed by atoms with Crippen LogP contribution in [0.25, 0.3) is 0 Å². The highest BCUT2D eigenvalue weighted by molar-refractivity contribution is 6.04. The van der Waals surface area contributed by atoms with Crippen LogP contribution in [0, 0.1) is 5.92 Å². The molecule has 1 aliphatic rings. The van der Waals surface area contributed by atoms with E-state index >= 15 is 0 Å². The van der Waals surface area contributed by atoms with Crippen LogP contribution in [0.3, 0.4) is 0 Å². The second-order valence-corrected chi connectivity index (χ2v) is 7.66. The fourth-order valence-electron chi connectivity index (χ4n) is 3.50. The Morgan fingerprint density at radius 3 is 2.39 bits per heavy atom. The molecular weight excluding hydrogens is 350 g/mol. The molecule has 3 rings (SSSR count). The third-order valence-electron chi connectivity index (χ3n) is 5.34. The zero-order valence-electron chi connectivity index (χ0n) is 16.7. The maximum Gasteiger partial charge on any atom is 0.253 e. The number of carbonyl (C=O) groups excluding carboxylic acids is 2. The third-order valence-corrected chi connectivity index (χ3v) is 5.34. The number of nitrogens with zero attached hydrogens (tertiary/aromatic N) is 1. The molecule has 0 aliphatic carbocycles. The standard InChI is InChI=1S/C23H29N3O2/c1-17-12-14-26(15-13-17)16-22(27)25-21-11-7-6-10-20(21)23(28)24-18(2)19-8-4-3-5-9-19/h3-11,17-18H,12-16H2,1-2H3,(H,24,28)(H,25,27). The Morgan fingerprint density at radius 2 is 1.68 bits per heavy atom. The van der Waals surface area contributed by atoms with Crippen LogP contribution in [-0.2, 0) is 4.79 Å². The zero-order chi connectivity index (χ0) is 19.9. The van der Waals surface area contributed by atoms with Gasteiger partial charge in [-0.15, -0.1) is 0 Å². The van der Waals surface area contributed by atoms with Crippen LogP contribution in [0.4, 0.5) is 5.69 Å². The molecule has 2 aromatic carbocycles. The molecule has 0 radical (unpaired) electrons. The van der Waals surface area contributed by atoms with Crippen molar-refractivity contribution < 1.29 is 9.59 Å². The maximum absolute atomic E-state index is 12.8. The summed E-state index contributed by atoms with van der Waals surface area (Å²) in [6.45, 7) is 6.47. The lowest BCUT2D eigenvalue weighted by Crippen LogP contribution is -2.39. The Hall–Kier alpha value is -2.66. The SMILES string of the molecule is CC1CCN(CC(=O)Nc2ccccc2C(=O)NC(C)c2ccccc2)CC1. The van der Waals surface area contributed by atoms with Gasteiger partial charge >= 0.3 is 0 Å². The van der Waals surface area contributed by atoms with E-state index in [-0.39, 0.29) is 17.9 Å². The van der Waals surface area contributed by atoms with E-state index < -0.39 is 0 Å². The van der Waals surface area contributed by atoms with E-state index in [9.17, 15) is 9.59 Å². The fourth-order valence-corrected chi connectivity index (χ4v) is 3.50. The summed E-state index contributed by atoms with van der Waals surface area (Å²) in [5, 5.41) is 5.93. The first-order valence-electron chi connectivity index (χ1n) is 10.00. The predicted octanol–water partition coefficient (Wildman–Crippen LogP) is 3.85. The first-order valence-corrected chi connectivity index (χ1v) is 10.00. The van der Waals surface area contributed by atoms with Crippen molar-refractivity contribution in [2.45, 2.75) is 32.7 Å². The van der Waals surface area contributed by atoms with Crippen molar-refractivity contribution in [3.05, 3.63) is 65.7 Å². The molecule has 1 unspecified atom stereocenters. The van der Waals surface area contributed by atoms with E-state index in [4.69, 9.17) is 0 Å². The van der Waals surface area contributed by atoms with Crippen LogP contribution < -0.4 is 10.6 Å². The number of para-hydroxylation sites is 1. The molecule has 5 nitrogen and oxygen atoms in total. The highest BCUT2D eigenvalue weighted by Crippen LogP contribution is 2.19. The van der Waals surface area contributed by atoms with Crippen molar-refractivity contribution in [3.8, 4) is 0 Å². The van der Waals surface area contributed by atoms with Crippen molar-refractivity contribution in [1.82, 2.24) is 10.2 Å². The number of benzene rings is 2. The molecule has 1 heterocycles. The van der Waals surface area contributed by atoms with Gasteiger partial charge in [0.2, 0.25) is 5.91 Å². The molecule has 0 spiro atoms. The fraction of sp³-hybridized carbons (Fsp3) is 0.391. The van der Waals surface area contributed by atoms with Crippen molar-refractivity contribution in [3.63, 3.8) is 0 Å². The number of anilines is 1. The normalized spacial score (nSPS) is 16.4. The minimum absolute atomic E-state index is 0.0779. The maximum atomic E-state index is 12.8. The number of hydrogen-bond donors (Lipinski definition) is 2. The summed E-state index contributed by atoms with van der Waals surface area (Å²) in [6.07, 6.45) is 2.26. The first-order chi connectivity index (χ1) is 13.5. The van der Waals surface area contributed by atoms with Gasteiger partial charge in [-0.2, -0.15) is 0 Å². The molecule has 2 aromatic rings. The molecule has 2 amide bonds.